The summed E-state index contributed by atoms with van der Waals surface area (Å²) in [5.74, 6) is -0.0344. The lowest BCUT2D eigenvalue weighted by Gasteiger charge is -2.45. The molecule has 5 nitrogen and oxygen atoms in total. The lowest BCUT2D eigenvalue weighted by Crippen LogP contribution is -2.61. The van der Waals surface area contributed by atoms with Crippen LogP contribution in [-0.4, -0.2) is 53.2 Å². The third-order valence-electron chi connectivity index (χ3n) is 5.27. The molecule has 0 radical (unpaired) electrons. The van der Waals surface area contributed by atoms with Crippen molar-refractivity contribution in [2.45, 2.75) is 104 Å². The van der Waals surface area contributed by atoms with E-state index in [1.54, 1.807) is 7.05 Å². The van der Waals surface area contributed by atoms with Gasteiger partial charge in [0.25, 0.3) is 0 Å². The van der Waals surface area contributed by atoms with Crippen LogP contribution < -0.4 is 16.0 Å². The predicted octanol–water partition coefficient (Wildman–Crippen LogP) is 3.04. The molecule has 26 heavy (non-hydrogen) atoms. The van der Waals surface area contributed by atoms with Gasteiger partial charge >= 0.3 is 0 Å². The van der Waals surface area contributed by atoms with Crippen molar-refractivity contribution in [1.29, 1.82) is 0 Å². The van der Waals surface area contributed by atoms with Crippen LogP contribution in [0.3, 0.4) is 0 Å². The lowest BCUT2D eigenvalue weighted by atomic mass is 9.86. The SMILES string of the molecule is CNC(=O)[C@@H](NC(=S)N[C@@H]1CCCC[C@H]1N(C(C)C)C(C)C)C(C)(C)C. The molecule has 1 aliphatic rings. The normalized spacial score (nSPS) is 22.4. The Morgan fingerprint density at radius 2 is 1.62 bits per heavy atom. The second-order valence-electron chi connectivity index (χ2n) is 9.12. The first kappa shape index (κ1) is 23.2. The molecule has 0 bridgehead atoms. The highest BCUT2D eigenvalue weighted by atomic mass is 32.1. The number of rotatable bonds is 6. The zero-order chi connectivity index (χ0) is 20.1. The fraction of sp³-hybridized carbons (Fsp3) is 0.900. The lowest BCUT2D eigenvalue weighted by molar-refractivity contribution is -0.124. The maximum atomic E-state index is 12.3. The number of hydrogen-bond donors (Lipinski definition) is 3. The van der Waals surface area contributed by atoms with E-state index in [2.05, 4.69) is 48.5 Å². The molecule has 0 saturated heterocycles. The molecule has 0 heterocycles. The Labute approximate surface area is 166 Å². The largest absolute Gasteiger partial charge is 0.358 e. The molecule has 0 unspecified atom stereocenters. The van der Waals surface area contributed by atoms with E-state index in [9.17, 15) is 4.79 Å². The van der Waals surface area contributed by atoms with Crippen molar-refractivity contribution in [3.63, 3.8) is 0 Å². The van der Waals surface area contributed by atoms with Crippen molar-refractivity contribution in [1.82, 2.24) is 20.9 Å². The molecule has 1 fully saturated rings. The number of carbonyl (C=O) groups is 1. The van der Waals surface area contributed by atoms with Crippen LogP contribution in [-0.2, 0) is 4.79 Å². The number of nitrogens with zero attached hydrogens (tertiary/aromatic N) is 1. The second kappa shape index (κ2) is 9.88. The molecule has 6 heteroatoms. The van der Waals surface area contributed by atoms with Crippen molar-refractivity contribution in [2.75, 3.05) is 7.05 Å². The first-order valence-corrected chi connectivity index (χ1v) is 10.5. The van der Waals surface area contributed by atoms with Gasteiger partial charge in [0.2, 0.25) is 5.91 Å². The number of thiocarbonyl (C=S) groups is 1. The van der Waals surface area contributed by atoms with Crippen molar-refractivity contribution in [3.8, 4) is 0 Å². The predicted molar refractivity (Wildman–Crippen MR) is 114 cm³/mol. The van der Waals surface area contributed by atoms with Crippen LogP contribution in [0.4, 0.5) is 0 Å². The van der Waals surface area contributed by atoms with Gasteiger partial charge in [-0.1, -0.05) is 33.6 Å². The monoisotopic (exact) mass is 384 g/mol. The average molecular weight is 385 g/mol. The van der Waals surface area contributed by atoms with E-state index in [0.717, 1.165) is 6.42 Å². The number of likely N-dealkylation sites (N-methyl/N-ethyl adjacent to an activating group) is 1. The highest BCUT2D eigenvalue weighted by Crippen LogP contribution is 2.27. The molecular formula is C20H40N4OS. The van der Waals surface area contributed by atoms with E-state index < -0.39 is 0 Å². The Balaban J connectivity index is 2.85. The molecule has 0 aromatic heterocycles. The molecule has 1 aliphatic carbocycles. The molecule has 0 aromatic carbocycles. The Bertz CT molecular complexity index is 465. The van der Waals surface area contributed by atoms with Crippen LogP contribution in [0.1, 0.15) is 74.1 Å². The number of carbonyl (C=O) groups excluding carboxylic acids is 1. The maximum Gasteiger partial charge on any atom is 0.242 e. The minimum atomic E-state index is -0.360. The molecule has 0 aliphatic heterocycles. The third-order valence-corrected chi connectivity index (χ3v) is 5.51. The zero-order valence-corrected chi connectivity index (χ0v) is 18.8. The topological polar surface area (TPSA) is 56.4 Å². The van der Waals surface area contributed by atoms with E-state index in [-0.39, 0.29) is 17.4 Å². The molecule has 1 saturated carbocycles. The van der Waals surface area contributed by atoms with Gasteiger partial charge in [0.1, 0.15) is 6.04 Å². The molecule has 3 N–H and O–H groups in total. The molecule has 152 valence electrons. The Hall–Kier alpha value is -0.880. The summed E-state index contributed by atoms with van der Waals surface area (Å²) in [5, 5.41) is 10.1. The van der Waals surface area contributed by atoms with Crippen LogP contribution >= 0.6 is 12.2 Å². The van der Waals surface area contributed by atoms with Gasteiger partial charge in [-0.2, -0.15) is 0 Å². The molecule has 0 spiro atoms. The minimum absolute atomic E-state index is 0.0344. The first-order chi connectivity index (χ1) is 12.0. The van der Waals surface area contributed by atoms with Gasteiger partial charge in [-0.25, -0.2) is 0 Å². The van der Waals surface area contributed by atoms with E-state index in [1.807, 2.05) is 20.8 Å². The quantitative estimate of drug-likeness (QED) is 0.615. The maximum absolute atomic E-state index is 12.3. The van der Waals surface area contributed by atoms with Gasteiger partial charge in [-0.15, -0.1) is 0 Å². The van der Waals surface area contributed by atoms with Gasteiger partial charge in [-0.3, -0.25) is 9.69 Å². The van der Waals surface area contributed by atoms with Gasteiger partial charge in [0, 0.05) is 31.2 Å². The highest BCUT2D eigenvalue weighted by Gasteiger charge is 2.35. The summed E-state index contributed by atoms with van der Waals surface area (Å²) >= 11 is 5.60. The van der Waals surface area contributed by atoms with Gasteiger partial charge in [0.15, 0.2) is 5.11 Å². The molecule has 1 rings (SSSR count). The van der Waals surface area contributed by atoms with Crippen LogP contribution in [0.2, 0.25) is 0 Å². The van der Waals surface area contributed by atoms with E-state index in [1.165, 1.54) is 19.3 Å². The molecular weight excluding hydrogens is 344 g/mol. The summed E-state index contributed by atoms with van der Waals surface area (Å²) in [6.07, 6.45) is 4.79. The summed E-state index contributed by atoms with van der Waals surface area (Å²) in [6.45, 7) is 15.2. The molecule has 1 amide bonds. The van der Waals surface area contributed by atoms with Gasteiger partial charge < -0.3 is 16.0 Å². The van der Waals surface area contributed by atoms with E-state index >= 15 is 0 Å². The van der Waals surface area contributed by atoms with Crippen LogP contribution in [0.15, 0.2) is 0 Å². The smallest absolute Gasteiger partial charge is 0.242 e. The Kier molecular flexibility index (Phi) is 8.80. The van der Waals surface area contributed by atoms with Crippen molar-refractivity contribution in [2.24, 2.45) is 5.41 Å². The van der Waals surface area contributed by atoms with E-state index in [4.69, 9.17) is 12.2 Å². The van der Waals surface area contributed by atoms with Crippen LogP contribution in [0.25, 0.3) is 0 Å². The van der Waals surface area contributed by atoms with Crippen molar-refractivity contribution >= 4 is 23.2 Å². The molecule has 3 atom stereocenters. The van der Waals surface area contributed by atoms with Gasteiger partial charge in [-0.05, 0) is 58.2 Å². The van der Waals surface area contributed by atoms with Gasteiger partial charge in [0.05, 0.1) is 0 Å². The summed E-state index contributed by atoms with van der Waals surface area (Å²) in [5.41, 5.74) is -0.223. The third kappa shape index (κ3) is 6.38. The minimum Gasteiger partial charge on any atom is -0.358 e. The van der Waals surface area contributed by atoms with E-state index in [0.29, 0.717) is 29.3 Å². The molecule has 0 aromatic rings. The summed E-state index contributed by atoms with van der Waals surface area (Å²) in [4.78, 5) is 14.9. The van der Waals surface area contributed by atoms with Crippen LogP contribution in [0.5, 0.6) is 0 Å². The van der Waals surface area contributed by atoms with Crippen molar-refractivity contribution < 1.29 is 4.79 Å². The summed E-state index contributed by atoms with van der Waals surface area (Å²) in [6, 6.07) is 1.42. The highest BCUT2D eigenvalue weighted by molar-refractivity contribution is 7.80. The Morgan fingerprint density at radius 3 is 2.08 bits per heavy atom. The number of amides is 1. The Morgan fingerprint density at radius 1 is 1.08 bits per heavy atom. The fourth-order valence-electron chi connectivity index (χ4n) is 4.16. The number of hydrogen-bond acceptors (Lipinski definition) is 3. The number of nitrogens with one attached hydrogen (secondary N) is 3. The first-order valence-electron chi connectivity index (χ1n) is 10.0. The average Bonchev–Trinajstić information content (AvgIpc) is 2.52. The second-order valence-corrected chi connectivity index (χ2v) is 9.53. The van der Waals surface area contributed by atoms with Crippen LogP contribution in [0, 0.1) is 5.41 Å². The zero-order valence-electron chi connectivity index (χ0n) is 18.0. The van der Waals surface area contributed by atoms with Crippen molar-refractivity contribution in [3.05, 3.63) is 0 Å². The summed E-state index contributed by atoms with van der Waals surface area (Å²) in [7, 11) is 1.67. The fourth-order valence-corrected chi connectivity index (χ4v) is 4.43. The standard InChI is InChI=1S/C20H40N4OS/c1-13(2)24(14(3)4)16-12-10-9-11-15(16)22-19(26)23-17(18(25)21-8)20(5,6)7/h13-17H,9-12H2,1-8H3,(H,21,25)(H2,22,23,26)/t15-,16-,17-/m1/s1. The summed E-state index contributed by atoms with van der Waals surface area (Å²) < 4.78 is 0.